The topological polar surface area (TPSA) is 130 Å². The summed E-state index contributed by atoms with van der Waals surface area (Å²) in [4.78, 5) is 48.6. The molecule has 1 N–H and O–H groups in total. The van der Waals surface area contributed by atoms with Crippen LogP contribution in [0, 0.1) is 0 Å². The molecule has 1 saturated heterocycles. The van der Waals surface area contributed by atoms with E-state index in [1.165, 1.54) is 0 Å². The number of carbonyl (C=O) groups excluding carboxylic acids is 4. The molecule has 1 fully saturated rings. The molecule has 0 aromatic heterocycles. The van der Waals surface area contributed by atoms with Crippen molar-refractivity contribution in [1.29, 1.82) is 0 Å². The molecule has 1 aliphatic rings. The zero-order valence-corrected chi connectivity index (χ0v) is 17.8. The fraction of sp³-hybridized carbons (Fsp3) is 0.750. The third-order valence-corrected chi connectivity index (χ3v) is 3.21. The number of rotatable bonds is 17. The molecule has 0 aromatic rings. The summed E-state index contributed by atoms with van der Waals surface area (Å²) in [6.07, 6.45) is 1.61. The molecule has 0 aromatic carbocycles. The Morgan fingerprint density at radius 1 is 0.857 bits per heavy atom. The molecule has 0 radical (unpaired) electrons. The molecule has 166 valence electrons. The fourth-order valence-corrected chi connectivity index (χ4v) is 1.90. The van der Waals surface area contributed by atoms with Crippen LogP contribution in [0.25, 0.3) is 0 Å². The number of hydrogen-bond acceptors (Lipinski definition) is 9. The minimum atomic E-state index is -0.699. The number of hydrogen-bond donors (Lipinski definition) is 1. The quantitative estimate of drug-likeness (QED) is 0.0889. The largest absolute Gasteiger partial charge is 0.528 e. The molecule has 0 saturated carbocycles. The van der Waals surface area contributed by atoms with Crippen LogP contribution < -0.4 is 5.32 Å². The number of carbonyl (C=O) groups is 3. The average Bonchev–Trinajstić information content (AvgIpc) is 2.97. The number of amides is 3. The van der Waals surface area contributed by atoms with Crippen molar-refractivity contribution in [3.05, 3.63) is 0 Å². The van der Waals surface area contributed by atoms with Crippen molar-refractivity contribution >= 4 is 24.2 Å². The molecule has 0 aliphatic carbocycles. The molecule has 0 unspecified atom stereocenters. The molecule has 1 heterocycles. The molecule has 3 amide bonds. The van der Waals surface area contributed by atoms with Crippen molar-refractivity contribution < 1.29 is 43.0 Å². The van der Waals surface area contributed by atoms with Gasteiger partial charge in [-0.05, 0) is 0 Å². The monoisotopic (exact) mass is 646 g/mol. The van der Waals surface area contributed by atoms with Crippen molar-refractivity contribution in [3.63, 3.8) is 0 Å². The predicted octanol–water partition coefficient (Wildman–Crippen LogP) is -1.29. The Morgan fingerprint density at radius 3 is 1.82 bits per heavy atom. The van der Waals surface area contributed by atoms with E-state index in [4.69, 9.17) is 23.8 Å². The average molecular weight is 646 g/mol. The van der Waals surface area contributed by atoms with Gasteiger partial charge in [-0.1, -0.05) is 0 Å². The van der Waals surface area contributed by atoms with E-state index in [0.29, 0.717) is 57.9 Å². The van der Waals surface area contributed by atoms with Gasteiger partial charge in [0.2, 0.25) is 0 Å². The van der Waals surface area contributed by atoms with Gasteiger partial charge in [-0.2, -0.15) is 6.41 Å². The van der Waals surface area contributed by atoms with E-state index >= 15 is 0 Å². The first kappa shape index (κ1) is 24.9. The Bertz CT molecular complexity index is 463. The van der Waals surface area contributed by atoms with Crippen molar-refractivity contribution in [2.45, 2.75) is 19.3 Å². The number of nitrogens with one attached hydrogen (secondary N) is 1. The third-order valence-electron chi connectivity index (χ3n) is 3.21. The van der Waals surface area contributed by atoms with Crippen molar-refractivity contribution in [2.24, 2.45) is 0 Å². The maximum Gasteiger partial charge on any atom is 0.335 e. The Hall–Kier alpha value is -3.08. The van der Waals surface area contributed by atoms with Crippen LogP contribution in [0.4, 0.5) is 0 Å². The number of nitrogens with zero attached hydrogens (tertiary/aromatic N) is 1. The van der Waals surface area contributed by atoms with E-state index in [9.17, 15) is 19.2 Å². The number of ether oxygens (including phenoxy) is 4. The second-order valence-electron chi connectivity index (χ2n) is 5.27. The maximum atomic E-state index is 11.5. The second kappa shape index (κ2) is 16.1. The van der Waals surface area contributed by atoms with Crippen LogP contribution in [0.2, 0.25) is 0 Å². The third kappa shape index (κ3) is 11.5. The summed E-state index contributed by atoms with van der Waals surface area (Å²) in [5, 5.41) is 2.87. The Kier molecular flexibility index (Phi) is 14.3. The molecule has 1 aliphatic heterocycles. The van der Waals surface area contributed by atoms with Crippen molar-refractivity contribution in [3.8, 4) is 0 Å². The fourth-order valence-electron chi connectivity index (χ4n) is 1.90. The summed E-state index contributed by atoms with van der Waals surface area (Å²) in [6, 6.07) is 0. The minimum absolute atomic E-state index is 0. The Morgan fingerprint density at radius 2 is 1.32 bits per heavy atom. The van der Waals surface area contributed by atoms with E-state index in [1.54, 1.807) is 6.41 Å². The minimum Gasteiger partial charge on any atom is -0.528 e. The van der Waals surface area contributed by atoms with E-state index < -0.39 is 17.8 Å². The van der Waals surface area contributed by atoms with Crippen molar-refractivity contribution in [1.82, 2.24) is 10.4 Å². The molecule has 0 atom stereocenters. The van der Waals surface area contributed by atoms with E-state index in [0.717, 1.165) is 0 Å². The van der Waals surface area contributed by atoms with Gasteiger partial charge in [0.25, 0.3) is 11.8 Å². The Balaban J connectivity index is 0.00000729. The molecule has 0 spiro atoms. The van der Waals surface area contributed by atoms with Gasteiger partial charge in [0.05, 0.1) is 59.3 Å². The van der Waals surface area contributed by atoms with Gasteiger partial charge < -0.3 is 33.9 Å². The first-order valence-electron chi connectivity index (χ1n) is 8.62. The van der Waals surface area contributed by atoms with Gasteiger partial charge in [-0.3, -0.25) is 9.59 Å². The maximum absolute atomic E-state index is 11.5. The first-order valence-corrected chi connectivity index (χ1v) is 8.62. The van der Waals surface area contributed by atoms with Gasteiger partial charge in [0, 0.05) is 19.4 Å². The summed E-state index contributed by atoms with van der Waals surface area (Å²) in [5.41, 5.74) is 0. The first-order chi connectivity index (χ1) is 13.1. The van der Waals surface area contributed by atoms with E-state index in [2.05, 4.69) is 5.32 Å². The summed E-state index contributed by atoms with van der Waals surface area (Å²) < 4.78 is 20.9. The molecule has 0 bridgehead atoms. The molecular weight excluding hydrogens is 621 g/mol. The SMILES string of the molecule is O=[C-]NCCOCCOCCOCCOCCC(=O)ON1C(=O)CCC1=O.[Fm]. The van der Waals surface area contributed by atoms with Gasteiger partial charge in [-0.25, -0.2) is 4.79 Å². The second-order valence-corrected chi connectivity index (χ2v) is 5.27. The summed E-state index contributed by atoms with van der Waals surface area (Å²) in [6.45, 7) is 3.21. The smallest absolute Gasteiger partial charge is 0.335 e. The molecule has 12 heteroatoms. The normalized spacial score (nSPS) is 13.4. The predicted molar refractivity (Wildman–Crippen MR) is 88.8 cm³/mol. The summed E-state index contributed by atoms with van der Waals surface area (Å²) in [7, 11) is 0. The summed E-state index contributed by atoms with van der Waals surface area (Å²) >= 11 is 0. The van der Waals surface area contributed by atoms with Crippen LogP contribution in [0.1, 0.15) is 19.3 Å². The van der Waals surface area contributed by atoms with Gasteiger partial charge in [-0.15, -0.1) is 5.06 Å². The van der Waals surface area contributed by atoms with Gasteiger partial charge in [0.1, 0.15) is 0 Å². The molecule has 28 heavy (non-hydrogen) atoms. The van der Waals surface area contributed by atoms with Gasteiger partial charge >= 0.3 is 5.97 Å². The van der Waals surface area contributed by atoms with Crippen LogP contribution in [0.15, 0.2) is 0 Å². The van der Waals surface area contributed by atoms with Crippen LogP contribution in [0.5, 0.6) is 0 Å². The molecular formula is C16H25FmN2O9-. The van der Waals surface area contributed by atoms with Crippen molar-refractivity contribution in [2.75, 3.05) is 59.4 Å². The summed E-state index contributed by atoms with van der Waals surface area (Å²) in [5.74, 6) is -1.72. The standard InChI is InChI=1S/C16H25N2O9.Fm/c19-13-17-4-6-24-8-10-26-12-11-25-9-7-23-5-3-16(22)27-18-14(20)1-2-15(18)21;/h1-12H2,(H,17,19);/q-1;. The van der Waals surface area contributed by atoms with Crippen LogP contribution >= 0.6 is 0 Å². The number of imide groups is 1. The van der Waals surface area contributed by atoms with Crippen LogP contribution in [0.3, 0.4) is 0 Å². The molecule has 11 nitrogen and oxygen atoms in total. The zero-order chi connectivity index (χ0) is 19.7. The van der Waals surface area contributed by atoms with Crippen LogP contribution in [-0.4, -0.2) is 88.7 Å². The zero-order valence-electron chi connectivity index (χ0n) is 15.4. The van der Waals surface area contributed by atoms with Crippen LogP contribution in [-0.2, 0) is 43.0 Å². The van der Waals surface area contributed by atoms with Gasteiger partial charge in [0.15, 0.2) is 0 Å². The van der Waals surface area contributed by atoms with E-state index in [1.807, 2.05) is 0 Å². The number of hydroxylamine groups is 2. The Labute approximate surface area is 157 Å². The molecule has 1 rings (SSSR count). The van der Waals surface area contributed by atoms with E-state index in [-0.39, 0.29) is 25.9 Å².